The standard InChI is InChI=1S/C14H20N2O4S/c1-10-4-3-7-16(9-10)21(18,19)13-6-5-11(8-12(13)15)14(17)20-2/h5-6,8,10H,3-4,7,9,15H2,1-2H3. The van der Waals surface area contributed by atoms with E-state index in [-0.39, 0.29) is 16.1 Å². The zero-order valence-corrected chi connectivity index (χ0v) is 13.0. The predicted molar refractivity (Wildman–Crippen MR) is 79.4 cm³/mol. The van der Waals surface area contributed by atoms with Gasteiger partial charge in [0, 0.05) is 13.1 Å². The van der Waals surface area contributed by atoms with Crippen LogP contribution in [0.1, 0.15) is 30.1 Å². The molecule has 1 saturated heterocycles. The zero-order valence-electron chi connectivity index (χ0n) is 12.2. The van der Waals surface area contributed by atoms with Gasteiger partial charge in [-0.15, -0.1) is 0 Å². The third-order valence-corrected chi connectivity index (χ3v) is 5.61. The first-order valence-electron chi connectivity index (χ1n) is 6.84. The molecule has 0 saturated carbocycles. The summed E-state index contributed by atoms with van der Waals surface area (Å²) in [5, 5.41) is 0. The summed E-state index contributed by atoms with van der Waals surface area (Å²) >= 11 is 0. The molecule has 6 nitrogen and oxygen atoms in total. The lowest BCUT2D eigenvalue weighted by Gasteiger charge is -2.30. The Hall–Kier alpha value is -1.60. The number of benzene rings is 1. The first-order chi connectivity index (χ1) is 9.86. The fourth-order valence-electron chi connectivity index (χ4n) is 2.53. The van der Waals surface area contributed by atoms with Gasteiger partial charge >= 0.3 is 5.97 Å². The SMILES string of the molecule is COC(=O)c1ccc(S(=O)(=O)N2CCCC(C)C2)c(N)c1. The molecule has 116 valence electrons. The minimum absolute atomic E-state index is 0.0456. The Morgan fingerprint density at radius 2 is 2.14 bits per heavy atom. The van der Waals surface area contributed by atoms with E-state index < -0.39 is 16.0 Å². The number of hydrogen-bond donors (Lipinski definition) is 1. The second-order valence-corrected chi connectivity index (χ2v) is 7.26. The molecule has 1 aromatic rings. The monoisotopic (exact) mass is 312 g/mol. The van der Waals surface area contributed by atoms with Crippen LogP contribution in [-0.2, 0) is 14.8 Å². The number of carbonyl (C=O) groups excluding carboxylic acids is 1. The molecular formula is C14H20N2O4S. The fraction of sp³-hybridized carbons (Fsp3) is 0.500. The maximum absolute atomic E-state index is 12.6. The van der Waals surface area contributed by atoms with Crippen molar-refractivity contribution in [1.82, 2.24) is 4.31 Å². The van der Waals surface area contributed by atoms with Crippen LogP contribution in [0, 0.1) is 5.92 Å². The Labute approximate surface area is 124 Å². The molecule has 1 atom stereocenters. The second-order valence-electron chi connectivity index (χ2n) is 5.35. The molecule has 0 aliphatic carbocycles. The molecule has 0 aromatic heterocycles. The number of nitrogens with zero attached hydrogens (tertiary/aromatic N) is 1. The van der Waals surface area contributed by atoms with Crippen molar-refractivity contribution in [3.05, 3.63) is 23.8 Å². The number of nitrogens with two attached hydrogens (primary N) is 1. The van der Waals surface area contributed by atoms with Crippen molar-refractivity contribution >= 4 is 21.7 Å². The first kappa shape index (κ1) is 15.8. The van der Waals surface area contributed by atoms with Crippen LogP contribution in [0.2, 0.25) is 0 Å². The molecule has 2 N–H and O–H groups in total. The normalized spacial score (nSPS) is 20.2. The highest BCUT2D eigenvalue weighted by molar-refractivity contribution is 7.89. The largest absolute Gasteiger partial charge is 0.465 e. The van der Waals surface area contributed by atoms with Gasteiger partial charge in [-0.1, -0.05) is 6.92 Å². The van der Waals surface area contributed by atoms with E-state index >= 15 is 0 Å². The average Bonchev–Trinajstić information content (AvgIpc) is 2.46. The summed E-state index contributed by atoms with van der Waals surface area (Å²) < 4.78 is 31.3. The molecule has 2 rings (SSSR count). The van der Waals surface area contributed by atoms with Gasteiger partial charge in [-0.2, -0.15) is 4.31 Å². The van der Waals surface area contributed by atoms with Crippen LogP contribution in [0.25, 0.3) is 0 Å². The van der Waals surface area contributed by atoms with E-state index in [1.54, 1.807) is 0 Å². The van der Waals surface area contributed by atoms with E-state index in [4.69, 9.17) is 5.73 Å². The Morgan fingerprint density at radius 1 is 1.43 bits per heavy atom. The van der Waals surface area contributed by atoms with Gasteiger partial charge in [-0.25, -0.2) is 13.2 Å². The quantitative estimate of drug-likeness (QED) is 0.674. The molecule has 21 heavy (non-hydrogen) atoms. The van der Waals surface area contributed by atoms with Crippen LogP contribution in [0.15, 0.2) is 23.1 Å². The average molecular weight is 312 g/mol. The van der Waals surface area contributed by atoms with Crippen molar-refractivity contribution in [2.75, 3.05) is 25.9 Å². The van der Waals surface area contributed by atoms with E-state index in [9.17, 15) is 13.2 Å². The van der Waals surface area contributed by atoms with Crippen LogP contribution in [0.4, 0.5) is 5.69 Å². The topological polar surface area (TPSA) is 89.7 Å². The van der Waals surface area contributed by atoms with Crippen LogP contribution in [-0.4, -0.2) is 38.9 Å². The van der Waals surface area contributed by atoms with Gasteiger partial charge in [0.05, 0.1) is 18.4 Å². The maximum atomic E-state index is 12.6. The summed E-state index contributed by atoms with van der Waals surface area (Å²) in [5.74, 6) is -0.207. The molecule has 1 unspecified atom stereocenters. The van der Waals surface area contributed by atoms with Crippen molar-refractivity contribution in [2.24, 2.45) is 5.92 Å². The summed E-state index contributed by atoms with van der Waals surface area (Å²) in [7, 11) is -2.36. The second kappa shape index (κ2) is 6.03. The summed E-state index contributed by atoms with van der Waals surface area (Å²) in [6.45, 7) is 3.04. The van der Waals surface area contributed by atoms with Crippen molar-refractivity contribution in [3.63, 3.8) is 0 Å². The van der Waals surface area contributed by atoms with Gasteiger partial charge in [-0.3, -0.25) is 0 Å². The third-order valence-electron chi connectivity index (χ3n) is 3.67. The zero-order chi connectivity index (χ0) is 15.6. The lowest BCUT2D eigenvalue weighted by Crippen LogP contribution is -2.39. The van der Waals surface area contributed by atoms with E-state index in [1.807, 2.05) is 6.92 Å². The molecular weight excluding hydrogens is 292 g/mol. The predicted octanol–water partition coefficient (Wildman–Crippen LogP) is 1.48. The Balaban J connectivity index is 2.34. The summed E-state index contributed by atoms with van der Waals surface area (Å²) in [6.07, 6.45) is 1.88. The fourth-order valence-corrected chi connectivity index (χ4v) is 4.23. The molecule has 1 aliphatic rings. The van der Waals surface area contributed by atoms with Gasteiger partial charge < -0.3 is 10.5 Å². The van der Waals surface area contributed by atoms with Gasteiger partial charge in [0.1, 0.15) is 4.90 Å². The number of methoxy groups -OCH3 is 1. The number of hydrogen-bond acceptors (Lipinski definition) is 5. The third kappa shape index (κ3) is 3.19. The van der Waals surface area contributed by atoms with Crippen molar-refractivity contribution in [1.29, 1.82) is 0 Å². The van der Waals surface area contributed by atoms with E-state index in [1.165, 1.54) is 29.6 Å². The van der Waals surface area contributed by atoms with Gasteiger partial charge in [-0.05, 0) is 37.0 Å². The molecule has 0 bridgehead atoms. The molecule has 1 fully saturated rings. The maximum Gasteiger partial charge on any atom is 0.337 e. The van der Waals surface area contributed by atoms with E-state index in [0.29, 0.717) is 19.0 Å². The van der Waals surface area contributed by atoms with Gasteiger partial charge in [0.2, 0.25) is 10.0 Å². The van der Waals surface area contributed by atoms with Crippen molar-refractivity contribution in [2.45, 2.75) is 24.7 Å². The summed E-state index contributed by atoms with van der Waals surface area (Å²) in [6, 6.07) is 4.13. The Morgan fingerprint density at radius 3 is 2.71 bits per heavy atom. The number of piperidine rings is 1. The van der Waals surface area contributed by atoms with Crippen LogP contribution < -0.4 is 5.73 Å². The highest BCUT2D eigenvalue weighted by Gasteiger charge is 2.30. The van der Waals surface area contributed by atoms with E-state index in [2.05, 4.69) is 4.74 Å². The number of ether oxygens (including phenoxy) is 1. The molecule has 0 amide bonds. The van der Waals surface area contributed by atoms with Crippen LogP contribution >= 0.6 is 0 Å². The molecule has 0 radical (unpaired) electrons. The van der Waals surface area contributed by atoms with E-state index in [0.717, 1.165) is 12.8 Å². The molecule has 7 heteroatoms. The molecule has 0 spiro atoms. The number of sulfonamides is 1. The number of esters is 1. The highest BCUT2D eigenvalue weighted by Crippen LogP contribution is 2.27. The van der Waals surface area contributed by atoms with Crippen molar-refractivity contribution < 1.29 is 17.9 Å². The molecule has 1 aromatic carbocycles. The summed E-state index contributed by atoms with van der Waals surface area (Å²) in [5.41, 5.74) is 6.13. The molecule has 1 heterocycles. The number of anilines is 1. The number of rotatable bonds is 3. The van der Waals surface area contributed by atoms with Gasteiger partial charge in [0.25, 0.3) is 0 Å². The lowest BCUT2D eigenvalue weighted by molar-refractivity contribution is 0.0600. The number of carbonyl (C=O) groups is 1. The van der Waals surface area contributed by atoms with Gasteiger partial charge in [0.15, 0.2) is 0 Å². The minimum atomic E-state index is -3.62. The number of nitrogen functional groups attached to an aromatic ring is 1. The highest BCUT2D eigenvalue weighted by atomic mass is 32.2. The molecule has 1 aliphatic heterocycles. The first-order valence-corrected chi connectivity index (χ1v) is 8.28. The van der Waals surface area contributed by atoms with Crippen molar-refractivity contribution in [3.8, 4) is 0 Å². The Kier molecular flexibility index (Phi) is 4.53. The van der Waals surface area contributed by atoms with Crippen LogP contribution in [0.3, 0.4) is 0 Å². The Bertz CT molecular complexity index is 642. The smallest absolute Gasteiger partial charge is 0.337 e. The summed E-state index contributed by atoms with van der Waals surface area (Å²) in [4.78, 5) is 11.5. The van der Waals surface area contributed by atoms with Crippen LogP contribution in [0.5, 0.6) is 0 Å². The lowest BCUT2D eigenvalue weighted by atomic mass is 10.0. The minimum Gasteiger partial charge on any atom is -0.465 e.